The van der Waals surface area contributed by atoms with Crippen molar-refractivity contribution in [1.29, 1.82) is 0 Å². The summed E-state index contributed by atoms with van der Waals surface area (Å²) in [6, 6.07) is 6.69. The fourth-order valence-electron chi connectivity index (χ4n) is 1.89. The molecule has 0 bridgehead atoms. The molecule has 22 heavy (non-hydrogen) atoms. The van der Waals surface area contributed by atoms with Crippen molar-refractivity contribution < 1.29 is 14.3 Å². The maximum Gasteiger partial charge on any atom is 0.345 e. The monoisotopic (exact) mass is 304 g/mol. The topological polar surface area (TPSA) is 90.4 Å². The van der Waals surface area contributed by atoms with Crippen LogP contribution in [0.4, 0.5) is 0 Å². The number of rotatable bonds is 5. The van der Waals surface area contributed by atoms with Gasteiger partial charge >= 0.3 is 11.7 Å². The number of nitrogens with zero attached hydrogens (tertiary/aromatic N) is 1. The Morgan fingerprint density at radius 3 is 2.41 bits per heavy atom. The molecule has 7 nitrogen and oxygen atoms in total. The van der Waals surface area contributed by atoms with E-state index in [1.54, 1.807) is 31.2 Å². The largest absolute Gasteiger partial charge is 0.494 e. The smallest absolute Gasteiger partial charge is 0.345 e. The van der Waals surface area contributed by atoms with Gasteiger partial charge in [-0.15, -0.1) is 0 Å². The van der Waals surface area contributed by atoms with E-state index in [9.17, 15) is 14.4 Å². The Balaban J connectivity index is 2.46. The molecule has 0 radical (unpaired) electrons. The second kappa shape index (κ2) is 6.75. The number of aromatic amines is 1. The van der Waals surface area contributed by atoms with E-state index < -0.39 is 17.2 Å². The Bertz CT molecular complexity index is 774. The summed E-state index contributed by atoms with van der Waals surface area (Å²) in [4.78, 5) is 37.4. The Kier molecular flexibility index (Phi) is 4.77. The van der Waals surface area contributed by atoms with Crippen molar-refractivity contribution >= 4 is 5.97 Å². The van der Waals surface area contributed by atoms with Gasteiger partial charge in [0.15, 0.2) is 0 Å². The summed E-state index contributed by atoms with van der Waals surface area (Å²) in [7, 11) is 0. The number of ether oxygens (including phenoxy) is 2. The average Bonchev–Trinajstić information content (AvgIpc) is 2.49. The van der Waals surface area contributed by atoms with Gasteiger partial charge in [-0.1, -0.05) is 0 Å². The van der Waals surface area contributed by atoms with Crippen LogP contribution in [-0.2, 0) is 4.74 Å². The van der Waals surface area contributed by atoms with Crippen molar-refractivity contribution in [3.63, 3.8) is 0 Å². The lowest BCUT2D eigenvalue weighted by molar-refractivity contribution is 0.0523. The SMILES string of the molecule is CCOC(=O)c1cn(-c2ccc(OCC)cc2)c(=O)[nH]c1=O. The van der Waals surface area contributed by atoms with Gasteiger partial charge in [-0.25, -0.2) is 9.59 Å². The van der Waals surface area contributed by atoms with E-state index in [0.29, 0.717) is 18.0 Å². The Labute approximate surface area is 126 Å². The third-order valence-corrected chi connectivity index (χ3v) is 2.86. The van der Waals surface area contributed by atoms with Crippen LogP contribution in [0.3, 0.4) is 0 Å². The predicted octanol–water partition coefficient (Wildman–Crippen LogP) is 1.10. The molecule has 0 fully saturated rings. The predicted molar refractivity (Wildman–Crippen MR) is 79.8 cm³/mol. The molecule has 0 unspecified atom stereocenters. The molecule has 7 heteroatoms. The quantitative estimate of drug-likeness (QED) is 0.835. The molecule has 1 aromatic heterocycles. The van der Waals surface area contributed by atoms with Gasteiger partial charge in [-0.05, 0) is 38.1 Å². The second-order valence-corrected chi connectivity index (χ2v) is 4.32. The first-order chi connectivity index (χ1) is 10.6. The molecule has 0 aliphatic carbocycles. The highest BCUT2D eigenvalue weighted by Gasteiger charge is 2.14. The van der Waals surface area contributed by atoms with Crippen molar-refractivity contribution in [1.82, 2.24) is 9.55 Å². The van der Waals surface area contributed by atoms with Crippen LogP contribution in [-0.4, -0.2) is 28.7 Å². The molecule has 0 saturated carbocycles. The van der Waals surface area contributed by atoms with Crippen LogP contribution < -0.4 is 16.0 Å². The standard InChI is InChI=1S/C15H16N2O5/c1-3-21-11-7-5-10(6-8-11)17-9-12(14(19)22-4-2)13(18)16-15(17)20/h5-9H,3-4H2,1-2H3,(H,16,18,20). The lowest BCUT2D eigenvalue weighted by Gasteiger charge is -2.08. The molecule has 0 aliphatic rings. The van der Waals surface area contributed by atoms with Crippen molar-refractivity contribution in [2.24, 2.45) is 0 Å². The van der Waals surface area contributed by atoms with E-state index in [1.807, 2.05) is 6.92 Å². The van der Waals surface area contributed by atoms with E-state index in [0.717, 1.165) is 0 Å². The van der Waals surface area contributed by atoms with Crippen LogP contribution in [0.15, 0.2) is 40.1 Å². The highest BCUT2D eigenvalue weighted by atomic mass is 16.5. The zero-order valence-electron chi connectivity index (χ0n) is 12.3. The van der Waals surface area contributed by atoms with Gasteiger partial charge in [0.05, 0.1) is 18.9 Å². The van der Waals surface area contributed by atoms with Gasteiger partial charge in [0.2, 0.25) is 0 Å². The second-order valence-electron chi connectivity index (χ2n) is 4.32. The fourth-order valence-corrected chi connectivity index (χ4v) is 1.89. The van der Waals surface area contributed by atoms with Crippen molar-refractivity contribution in [2.75, 3.05) is 13.2 Å². The van der Waals surface area contributed by atoms with Crippen LogP contribution in [0.2, 0.25) is 0 Å². The lowest BCUT2D eigenvalue weighted by atomic mass is 10.3. The van der Waals surface area contributed by atoms with Gasteiger partial charge < -0.3 is 9.47 Å². The van der Waals surface area contributed by atoms with Crippen LogP contribution in [0.5, 0.6) is 5.75 Å². The number of carbonyl (C=O) groups is 1. The van der Waals surface area contributed by atoms with E-state index in [1.165, 1.54) is 10.8 Å². The molecule has 0 amide bonds. The molecule has 2 aromatic rings. The summed E-state index contributed by atoms with van der Waals surface area (Å²) in [6.07, 6.45) is 1.18. The maximum absolute atomic E-state index is 11.9. The van der Waals surface area contributed by atoms with Gasteiger partial charge in [-0.3, -0.25) is 14.3 Å². The van der Waals surface area contributed by atoms with Crippen LogP contribution >= 0.6 is 0 Å². The molecule has 116 valence electrons. The number of H-pyrrole nitrogens is 1. The van der Waals surface area contributed by atoms with Crippen molar-refractivity contribution in [3.8, 4) is 11.4 Å². The Morgan fingerprint density at radius 1 is 1.14 bits per heavy atom. The minimum atomic E-state index is -0.775. The van der Waals surface area contributed by atoms with Gasteiger partial charge in [0.25, 0.3) is 5.56 Å². The minimum absolute atomic E-state index is 0.139. The lowest BCUT2D eigenvalue weighted by Crippen LogP contribution is -2.33. The zero-order chi connectivity index (χ0) is 16.1. The Morgan fingerprint density at radius 2 is 1.82 bits per heavy atom. The number of esters is 1. The first-order valence-corrected chi connectivity index (χ1v) is 6.83. The highest BCUT2D eigenvalue weighted by Crippen LogP contribution is 2.14. The Hall–Kier alpha value is -2.83. The molecule has 0 saturated heterocycles. The summed E-state index contributed by atoms with van der Waals surface area (Å²) in [5.74, 6) is -0.113. The summed E-state index contributed by atoms with van der Waals surface area (Å²) in [5.41, 5.74) is -1.14. The number of nitrogens with one attached hydrogen (secondary N) is 1. The third kappa shape index (κ3) is 3.25. The molecule has 0 aliphatic heterocycles. The van der Waals surface area contributed by atoms with Crippen LogP contribution in [0.1, 0.15) is 24.2 Å². The van der Waals surface area contributed by atoms with E-state index in [2.05, 4.69) is 4.98 Å². The molecule has 1 heterocycles. The summed E-state index contributed by atoms with van der Waals surface area (Å²) in [6.45, 7) is 4.17. The van der Waals surface area contributed by atoms with Gasteiger partial charge in [0.1, 0.15) is 11.3 Å². The van der Waals surface area contributed by atoms with E-state index >= 15 is 0 Å². The molecule has 0 spiro atoms. The third-order valence-electron chi connectivity index (χ3n) is 2.86. The fraction of sp³-hybridized carbons (Fsp3) is 0.267. The van der Waals surface area contributed by atoms with Crippen molar-refractivity contribution in [3.05, 3.63) is 56.9 Å². The van der Waals surface area contributed by atoms with E-state index in [-0.39, 0.29) is 12.2 Å². The summed E-state index contributed by atoms with van der Waals surface area (Å²) < 4.78 is 11.3. The van der Waals surface area contributed by atoms with E-state index in [4.69, 9.17) is 9.47 Å². The summed E-state index contributed by atoms with van der Waals surface area (Å²) >= 11 is 0. The molecule has 0 atom stereocenters. The molecular weight excluding hydrogens is 288 g/mol. The molecule has 2 rings (SSSR count). The average molecular weight is 304 g/mol. The molecule has 1 N–H and O–H groups in total. The van der Waals surface area contributed by atoms with Gasteiger partial charge in [0, 0.05) is 6.20 Å². The number of hydrogen-bond donors (Lipinski definition) is 1. The zero-order valence-corrected chi connectivity index (χ0v) is 12.3. The number of hydrogen-bond acceptors (Lipinski definition) is 5. The first-order valence-electron chi connectivity index (χ1n) is 6.83. The number of benzene rings is 1. The summed E-state index contributed by atoms with van der Waals surface area (Å²) in [5, 5.41) is 0. The van der Waals surface area contributed by atoms with Crippen molar-refractivity contribution in [2.45, 2.75) is 13.8 Å². The van der Waals surface area contributed by atoms with Crippen LogP contribution in [0, 0.1) is 0 Å². The molecule has 1 aromatic carbocycles. The molecular formula is C15H16N2O5. The first kappa shape index (κ1) is 15.6. The minimum Gasteiger partial charge on any atom is -0.494 e. The number of aromatic nitrogens is 2. The number of carbonyl (C=O) groups excluding carboxylic acids is 1. The normalized spacial score (nSPS) is 10.3. The maximum atomic E-state index is 11.9. The van der Waals surface area contributed by atoms with Gasteiger partial charge in [-0.2, -0.15) is 0 Å². The highest BCUT2D eigenvalue weighted by molar-refractivity contribution is 5.88. The van der Waals surface area contributed by atoms with Crippen LogP contribution in [0.25, 0.3) is 5.69 Å².